The van der Waals surface area contributed by atoms with E-state index in [1.54, 1.807) is 0 Å². The molecule has 0 atom stereocenters. The van der Waals surface area contributed by atoms with Crippen LogP contribution in [-0.4, -0.2) is 30.3 Å². The molecular weight excluding hydrogens is 234 g/mol. The topological polar surface area (TPSA) is 20.3 Å². The van der Waals surface area contributed by atoms with E-state index in [0.29, 0.717) is 12.3 Å². The Bertz CT molecular complexity index is 428. The molecule has 0 unspecified atom stereocenters. The fourth-order valence-electron chi connectivity index (χ4n) is 3.76. The third-order valence-electron chi connectivity index (χ3n) is 4.88. The summed E-state index contributed by atoms with van der Waals surface area (Å²) < 4.78 is 0. The highest BCUT2D eigenvalue weighted by atomic mass is 16.1. The van der Waals surface area contributed by atoms with E-state index in [1.165, 1.54) is 31.2 Å². The van der Waals surface area contributed by atoms with Gasteiger partial charge in [-0.05, 0) is 44.3 Å². The highest BCUT2D eigenvalue weighted by Crippen LogP contribution is 2.42. The maximum absolute atomic E-state index is 12.9. The maximum atomic E-state index is 12.9. The predicted molar refractivity (Wildman–Crippen MR) is 77.3 cm³/mol. The first kappa shape index (κ1) is 12.9. The van der Waals surface area contributed by atoms with Crippen molar-refractivity contribution in [3.8, 4) is 0 Å². The van der Waals surface area contributed by atoms with Gasteiger partial charge in [0.05, 0.1) is 12.0 Å². The molecule has 2 heteroatoms. The Morgan fingerprint density at radius 3 is 2.26 bits per heavy atom. The monoisotopic (exact) mass is 257 g/mol. The van der Waals surface area contributed by atoms with Gasteiger partial charge in [-0.2, -0.15) is 0 Å². The van der Waals surface area contributed by atoms with Gasteiger partial charge < -0.3 is 0 Å². The standard InChI is InChI=1S/C17H23NO/c19-16(14-18-12-6-7-13-18)17(10-4-5-11-17)15-8-2-1-3-9-15/h1-3,8-9H,4-7,10-14H2. The number of ketones is 1. The van der Waals surface area contributed by atoms with E-state index in [4.69, 9.17) is 0 Å². The van der Waals surface area contributed by atoms with Gasteiger partial charge in [0, 0.05) is 0 Å². The van der Waals surface area contributed by atoms with Crippen molar-refractivity contribution in [1.82, 2.24) is 4.90 Å². The number of likely N-dealkylation sites (tertiary alicyclic amines) is 1. The number of carbonyl (C=O) groups excluding carboxylic acids is 1. The molecule has 0 N–H and O–H groups in total. The van der Waals surface area contributed by atoms with Crippen molar-refractivity contribution in [3.05, 3.63) is 35.9 Å². The highest BCUT2D eigenvalue weighted by Gasteiger charge is 2.42. The van der Waals surface area contributed by atoms with Gasteiger partial charge in [0.25, 0.3) is 0 Å². The van der Waals surface area contributed by atoms with Gasteiger partial charge in [0.2, 0.25) is 0 Å². The first-order valence-corrected chi connectivity index (χ1v) is 7.62. The predicted octanol–water partition coefficient (Wildman–Crippen LogP) is 3.16. The van der Waals surface area contributed by atoms with Gasteiger partial charge in [0.15, 0.2) is 5.78 Å². The van der Waals surface area contributed by atoms with Crippen LogP contribution < -0.4 is 0 Å². The second kappa shape index (κ2) is 5.46. The molecule has 1 aromatic rings. The minimum Gasteiger partial charge on any atom is -0.297 e. The summed E-state index contributed by atoms with van der Waals surface area (Å²) in [7, 11) is 0. The fourth-order valence-corrected chi connectivity index (χ4v) is 3.76. The summed E-state index contributed by atoms with van der Waals surface area (Å²) in [5.41, 5.74) is 1.07. The average molecular weight is 257 g/mol. The van der Waals surface area contributed by atoms with Crippen LogP contribution in [0.5, 0.6) is 0 Å². The van der Waals surface area contributed by atoms with Gasteiger partial charge in [-0.1, -0.05) is 43.2 Å². The van der Waals surface area contributed by atoms with Crippen molar-refractivity contribution in [2.24, 2.45) is 0 Å². The Hall–Kier alpha value is -1.15. The zero-order valence-electron chi connectivity index (χ0n) is 11.6. The van der Waals surface area contributed by atoms with Crippen LogP contribution in [0.15, 0.2) is 30.3 Å². The molecule has 2 fully saturated rings. The number of hydrogen-bond acceptors (Lipinski definition) is 2. The maximum Gasteiger partial charge on any atom is 0.157 e. The fraction of sp³-hybridized carbons (Fsp3) is 0.588. The third-order valence-corrected chi connectivity index (χ3v) is 4.88. The van der Waals surface area contributed by atoms with E-state index in [-0.39, 0.29) is 5.41 Å². The number of hydrogen-bond donors (Lipinski definition) is 0. The molecule has 1 aromatic carbocycles. The molecule has 1 saturated carbocycles. The van der Waals surface area contributed by atoms with Crippen LogP contribution in [-0.2, 0) is 10.2 Å². The smallest absolute Gasteiger partial charge is 0.157 e. The molecule has 0 bridgehead atoms. The zero-order valence-corrected chi connectivity index (χ0v) is 11.6. The molecule has 1 heterocycles. The van der Waals surface area contributed by atoms with Crippen LogP contribution in [0.3, 0.4) is 0 Å². The molecule has 2 nitrogen and oxygen atoms in total. The van der Waals surface area contributed by atoms with Crippen LogP contribution in [0.25, 0.3) is 0 Å². The summed E-state index contributed by atoms with van der Waals surface area (Å²) in [5, 5.41) is 0. The lowest BCUT2D eigenvalue weighted by Crippen LogP contribution is -2.40. The van der Waals surface area contributed by atoms with E-state index in [2.05, 4.69) is 29.2 Å². The summed E-state index contributed by atoms with van der Waals surface area (Å²) >= 11 is 0. The molecule has 3 rings (SSSR count). The van der Waals surface area contributed by atoms with Crippen LogP contribution in [0.1, 0.15) is 44.1 Å². The summed E-state index contributed by atoms with van der Waals surface area (Å²) in [6, 6.07) is 10.5. The summed E-state index contributed by atoms with van der Waals surface area (Å²) in [6.07, 6.45) is 6.99. The lowest BCUT2D eigenvalue weighted by molar-refractivity contribution is -0.125. The first-order valence-electron chi connectivity index (χ1n) is 7.62. The van der Waals surface area contributed by atoms with Crippen molar-refractivity contribution >= 4 is 5.78 Å². The van der Waals surface area contributed by atoms with E-state index in [0.717, 1.165) is 25.9 Å². The van der Waals surface area contributed by atoms with Gasteiger partial charge in [-0.25, -0.2) is 0 Å². The van der Waals surface area contributed by atoms with Crippen LogP contribution >= 0.6 is 0 Å². The average Bonchev–Trinajstić information content (AvgIpc) is 3.11. The number of benzene rings is 1. The Kier molecular flexibility index (Phi) is 3.69. The largest absolute Gasteiger partial charge is 0.297 e. The molecule has 19 heavy (non-hydrogen) atoms. The van der Waals surface area contributed by atoms with Crippen LogP contribution in [0.2, 0.25) is 0 Å². The number of nitrogens with zero attached hydrogens (tertiary/aromatic N) is 1. The Morgan fingerprint density at radius 2 is 1.63 bits per heavy atom. The molecule has 0 spiro atoms. The number of Topliss-reactive ketones (excluding diaryl/α,β-unsaturated/α-hetero) is 1. The van der Waals surface area contributed by atoms with Gasteiger partial charge in [-0.15, -0.1) is 0 Å². The van der Waals surface area contributed by atoms with Crippen molar-refractivity contribution in [3.63, 3.8) is 0 Å². The van der Waals surface area contributed by atoms with E-state index in [1.807, 2.05) is 6.07 Å². The van der Waals surface area contributed by atoms with Gasteiger partial charge in [-0.3, -0.25) is 9.69 Å². The second-order valence-corrected chi connectivity index (χ2v) is 6.06. The number of carbonyl (C=O) groups is 1. The quantitative estimate of drug-likeness (QED) is 0.826. The van der Waals surface area contributed by atoms with Gasteiger partial charge in [0.1, 0.15) is 0 Å². The van der Waals surface area contributed by atoms with Crippen molar-refractivity contribution < 1.29 is 4.79 Å². The summed E-state index contributed by atoms with van der Waals surface area (Å²) in [5.74, 6) is 0.457. The van der Waals surface area contributed by atoms with E-state index >= 15 is 0 Å². The Labute approximate surface area is 115 Å². The van der Waals surface area contributed by atoms with Crippen molar-refractivity contribution in [2.45, 2.75) is 43.9 Å². The van der Waals surface area contributed by atoms with Gasteiger partial charge >= 0.3 is 0 Å². The highest BCUT2D eigenvalue weighted by molar-refractivity contribution is 5.92. The lowest BCUT2D eigenvalue weighted by Gasteiger charge is -2.30. The van der Waals surface area contributed by atoms with Crippen LogP contribution in [0.4, 0.5) is 0 Å². The van der Waals surface area contributed by atoms with Crippen molar-refractivity contribution in [1.29, 1.82) is 0 Å². The summed E-state index contributed by atoms with van der Waals surface area (Å²) in [4.78, 5) is 15.2. The third kappa shape index (κ3) is 2.46. The van der Waals surface area contributed by atoms with Crippen molar-refractivity contribution in [2.75, 3.05) is 19.6 Å². The van der Waals surface area contributed by atoms with E-state index in [9.17, 15) is 4.79 Å². The molecular formula is C17H23NO. The van der Waals surface area contributed by atoms with Crippen LogP contribution in [0, 0.1) is 0 Å². The molecule has 2 aliphatic rings. The Morgan fingerprint density at radius 1 is 1.00 bits per heavy atom. The molecule has 0 radical (unpaired) electrons. The summed E-state index contributed by atoms with van der Waals surface area (Å²) in [6.45, 7) is 2.88. The molecule has 1 aliphatic heterocycles. The minimum atomic E-state index is -0.177. The Balaban J connectivity index is 1.82. The zero-order chi connectivity index (χ0) is 13.1. The molecule has 0 aromatic heterocycles. The molecule has 102 valence electrons. The SMILES string of the molecule is O=C(CN1CCCC1)C1(c2ccccc2)CCCC1. The lowest BCUT2D eigenvalue weighted by atomic mass is 9.75. The minimum absolute atomic E-state index is 0.177. The molecule has 1 saturated heterocycles. The first-order chi connectivity index (χ1) is 9.31. The molecule has 1 aliphatic carbocycles. The molecule has 0 amide bonds. The number of rotatable bonds is 4. The normalized spacial score (nSPS) is 22.7. The van der Waals surface area contributed by atoms with E-state index < -0.39 is 0 Å². The second-order valence-electron chi connectivity index (χ2n) is 6.06.